The van der Waals surface area contributed by atoms with Gasteiger partial charge < -0.3 is 9.80 Å². The monoisotopic (exact) mass is 408 g/mol. The molecule has 1 amide bonds. The van der Waals surface area contributed by atoms with E-state index in [1.807, 2.05) is 42.2 Å². The van der Waals surface area contributed by atoms with Crippen molar-refractivity contribution in [1.82, 2.24) is 19.0 Å². The highest BCUT2D eigenvalue weighted by Crippen LogP contribution is 2.16. The molecule has 2 aliphatic heterocycles. The maximum atomic E-state index is 12.8. The molecule has 0 radical (unpaired) electrons. The SMILES string of the molecule is CCN1CCN(C(=O)[C@H](C)N2CCN(S(=O)(=O)Cc3ccccc3)CC2)CC1. The molecule has 156 valence electrons. The van der Waals surface area contributed by atoms with Gasteiger partial charge in [-0.05, 0) is 19.0 Å². The van der Waals surface area contributed by atoms with Crippen LogP contribution >= 0.6 is 0 Å². The molecular weight excluding hydrogens is 376 g/mol. The first kappa shape index (κ1) is 21.2. The van der Waals surface area contributed by atoms with E-state index >= 15 is 0 Å². The maximum absolute atomic E-state index is 12.8. The zero-order valence-corrected chi connectivity index (χ0v) is 17.8. The first-order chi connectivity index (χ1) is 13.4. The van der Waals surface area contributed by atoms with Crippen molar-refractivity contribution in [3.63, 3.8) is 0 Å². The molecule has 0 unspecified atom stereocenters. The lowest BCUT2D eigenvalue weighted by Gasteiger charge is -2.40. The molecule has 0 aromatic heterocycles. The molecule has 0 spiro atoms. The van der Waals surface area contributed by atoms with Gasteiger partial charge in [0.1, 0.15) is 0 Å². The number of sulfonamides is 1. The lowest BCUT2D eigenvalue weighted by atomic mass is 10.2. The molecular formula is C20H32N4O3S. The highest BCUT2D eigenvalue weighted by atomic mass is 32.2. The fourth-order valence-corrected chi connectivity index (χ4v) is 5.47. The average Bonchev–Trinajstić information content (AvgIpc) is 2.73. The fourth-order valence-electron chi connectivity index (χ4n) is 3.95. The molecule has 0 N–H and O–H groups in total. The van der Waals surface area contributed by atoms with E-state index in [1.54, 1.807) is 4.31 Å². The van der Waals surface area contributed by atoms with Crippen molar-refractivity contribution in [2.45, 2.75) is 25.6 Å². The van der Waals surface area contributed by atoms with Crippen molar-refractivity contribution in [3.8, 4) is 0 Å². The Hall–Kier alpha value is -1.48. The summed E-state index contributed by atoms with van der Waals surface area (Å²) in [4.78, 5) is 19.3. The normalized spacial score (nSPS) is 21.6. The minimum Gasteiger partial charge on any atom is -0.339 e. The molecule has 2 fully saturated rings. The molecule has 2 saturated heterocycles. The summed E-state index contributed by atoms with van der Waals surface area (Å²) in [5.41, 5.74) is 0.805. The first-order valence-electron chi connectivity index (χ1n) is 10.2. The summed E-state index contributed by atoms with van der Waals surface area (Å²) in [7, 11) is -3.33. The van der Waals surface area contributed by atoms with Gasteiger partial charge in [-0.15, -0.1) is 0 Å². The molecule has 7 nitrogen and oxygen atoms in total. The maximum Gasteiger partial charge on any atom is 0.239 e. The van der Waals surface area contributed by atoms with Crippen LogP contribution in [0.5, 0.6) is 0 Å². The number of hydrogen-bond donors (Lipinski definition) is 0. The third-order valence-corrected chi connectivity index (χ3v) is 7.74. The van der Waals surface area contributed by atoms with Gasteiger partial charge in [0.05, 0.1) is 11.8 Å². The summed E-state index contributed by atoms with van der Waals surface area (Å²) in [6.07, 6.45) is 0. The fraction of sp³-hybridized carbons (Fsp3) is 0.650. The molecule has 1 aromatic carbocycles. The first-order valence-corrected chi connectivity index (χ1v) is 11.8. The lowest BCUT2D eigenvalue weighted by Crippen LogP contribution is -2.58. The molecule has 8 heteroatoms. The zero-order valence-electron chi connectivity index (χ0n) is 17.0. The van der Waals surface area contributed by atoms with E-state index in [0.29, 0.717) is 26.2 Å². The average molecular weight is 409 g/mol. The number of likely N-dealkylation sites (N-methyl/N-ethyl adjacent to an activating group) is 1. The number of piperazine rings is 2. The summed E-state index contributed by atoms with van der Waals surface area (Å²) in [6.45, 7) is 10.6. The lowest BCUT2D eigenvalue weighted by molar-refractivity contribution is -0.138. The second-order valence-electron chi connectivity index (χ2n) is 7.61. The van der Waals surface area contributed by atoms with Crippen molar-refractivity contribution in [1.29, 1.82) is 0 Å². The Balaban J connectivity index is 1.51. The van der Waals surface area contributed by atoms with Crippen LogP contribution in [0.15, 0.2) is 30.3 Å². The van der Waals surface area contributed by atoms with Crippen LogP contribution in [0.1, 0.15) is 19.4 Å². The van der Waals surface area contributed by atoms with Gasteiger partial charge in [-0.1, -0.05) is 37.3 Å². The summed E-state index contributed by atoms with van der Waals surface area (Å²) in [5, 5.41) is 0. The number of rotatable bonds is 6. The summed E-state index contributed by atoms with van der Waals surface area (Å²) in [5.74, 6) is 0.195. The van der Waals surface area contributed by atoms with E-state index in [9.17, 15) is 13.2 Å². The second-order valence-corrected chi connectivity index (χ2v) is 9.58. The molecule has 0 bridgehead atoms. The number of nitrogens with zero attached hydrogens (tertiary/aromatic N) is 4. The van der Waals surface area contributed by atoms with Crippen LogP contribution in [0.2, 0.25) is 0 Å². The van der Waals surface area contributed by atoms with Gasteiger partial charge in [0.25, 0.3) is 0 Å². The minimum absolute atomic E-state index is 0.0318. The second kappa shape index (κ2) is 9.35. The van der Waals surface area contributed by atoms with Crippen LogP contribution in [0.3, 0.4) is 0 Å². The molecule has 1 aromatic rings. The standard InChI is InChI=1S/C20H32N4O3S/c1-3-21-9-11-23(12-10-21)20(25)18(2)22-13-15-24(16-14-22)28(26,27)17-19-7-5-4-6-8-19/h4-8,18H,3,9-17H2,1-2H3/t18-/m0/s1. The van der Waals surface area contributed by atoms with Gasteiger partial charge in [0, 0.05) is 52.4 Å². The summed E-state index contributed by atoms with van der Waals surface area (Å²) < 4.78 is 27.0. The van der Waals surface area contributed by atoms with Crippen LogP contribution in [-0.2, 0) is 20.6 Å². The van der Waals surface area contributed by atoms with Gasteiger partial charge >= 0.3 is 0 Å². The number of carbonyl (C=O) groups excluding carboxylic acids is 1. The largest absolute Gasteiger partial charge is 0.339 e. The van der Waals surface area contributed by atoms with Crippen molar-refractivity contribution in [2.24, 2.45) is 0 Å². The molecule has 0 aliphatic carbocycles. The van der Waals surface area contributed by atoms with E-state index in [2.05, 4.69) is 16.7 Å². The Bertz CT molecular complexity index is 740. The predicted molar refractivity (Wildman–Crippen MR) is 110 cm³/mol. The smallest absolute Gasteiger partial charge is 0.239 e. The number of benzene rings is 1. The van der Waals surface area contributed by atoms with E-state index in [1.165, 1.54) is 0 Å². The van der Waals surface area contributed by atoms with E-state index in [4.69, 9.17) is 0 Å². The van der Waals surface area contributed by atoms with E-state index in [-0.39, 0.29) is 17.7 Å². The molecule has 2 heterocycles. The quantitative estimate of drug-likeness (QED) is 0.693. The van der Waals surface area contributed by atoms with Crippen molar-refractivity contribution in [3.05, 3.63) is 35.9 Å². The zero-order chi connectivity index (χ0) is 20.1. The van der Waals surface area contributed by atoms with Gasteiger partial charge in [0.2, 0.25) is 15.9 Å². The van der Waals surface area contributed by atoms with Crippen LogP contribution in [-0.4, -0.2) is 98.3 Å². The topological polar surface area (TPSA) is 64.2 Å². The Labute approximate surface area is 168 Å². The Morgan fingerprint density at radius 2 is 1.57 bits per heavy atom. The van der Waals surface area contributed by atoms with Gasteiger partial charge in [-0.25, -0.2) is 8.42 Å². The molecule has 28 heavy (non-hydrogen) atoms. The van der Waals surface area contributed by atoms with Crippen molar-refractivity contribution < 1.29 is 13.2 Å². The minimum atomic E-state index is -3.33. The predicted octanol–water partition coefficient (Wildman–Crippen LogP) is 0.687. The van der Waals surface area contributed by atoms with Gasteiger partial charge in [-0.2, -0.15) is 4.31 Å². The van der Waals surface area contributed by atoms with Crippen LogP contribution in [0, 0.1) is 0 Å². The molecule has 0 saturated carbocycles. The summed E-state index contributed by atoms with van der Waals surface area (Å²) >= 11 is 0. The Morgan fingerprint density at radius 3 is 2.14 bits per heavy atom. The highest BCUT2D eigenvalue weighted by molar-refractivity contribution is 7.88. The third-order valence-electron chi connectivity index (χ3n) is 5.89. The Kier molecular flexibility index (Phi) is 7.09. The van der Waals surface area contributed by atoms with Gasteiger partial charge in [0.15, 0.2) is 0 Å². The van der Waals surface area contributed by atoms with Crippen molar-refractivity contribution >= 4 is 15.9 Å². The van der Waals surface area contributed by atoms with Crippen LogP contribution in [0.4, 0.5) is 0 Å². The van der Waals surface area contributed by atoms with Crippen molar-refractivity contribution in [2.75, 3.05) is 58.9 Å². The molecule has 3 rings (SSSR count). The summed E-state index contributed by atoms with van der Waals surface area (Å²) in [6, 6.07) is 9.08. The molecule has 2 aliphatic rings. The van der Waals surface area contributed by atoms with Crippen LogP contribution in [0.25, 0.3) is 0 Å². The molecule has 1 atom stereocenters. The number of hydrogen-bond acceptors (Lipinski definition) is 5. The highest BCUT2D eigenvalue weighted by Gasteiger charge is 2.33. The Morgan fingerprint density at radius 1 is 0.964 bits per heavy atom. The van der Waals surface area contributed by atoms with E-state index < -0.39 is 10.0 Å². The number of amides is 1. The number of carbonyl (C=O) groups is 1. The third kappa shape index (κ3) is 5.11. The van der Waals surface area contributed by atoms with Crippen LogP contribution < -0.4 is 0 Å². The van der Waals surface area contributed by atoms with E-state index in [0.717, 1.165) is 38.3 Å². The van der Waals surface area contributed by atoms with Gasteiger partial charge in [-0.3, -0.25) is 9.69 Å².